The Kier molecular flexibility index (Phi) is 4.99. The third-order valence-electron chi connectivity index (χ3n) is 2.86. The quantitative estimate of drug-likeness (QED) is 0.866. The first kappa shape index (κ1) is 12.9. The summed E-state index contributed by atoms with van der Waals surface area (Å²) in [6.07, 6.45) is 1.89. The van der Waals surface area contributed by atoms with Gasteiger partial charge in [-0.05, 0) is 13.8 Å². The lowest BCUT2D eigenvalue weighted by Crippen LogP contribution is -2.50. The second-order valence-electron chi connectivity index (χ2n) is 3.84. The first-order chi connectivity index (χ1) is 6.79. The summed E-state index contributed by atoms with van der Waals surface area (Å²) in [6, 6.07) is 1.08. The highest BCUT2D eigenvalue weighted by Gasteiger charge is 2.24. The molecule has 2 atom stereocenters. The molecule has 2 unspecified atom stereocenters. The summed E-state index contributed by atoms with van der Waals surface area (Å²) in [4.78, 5) is 6.91. The van der Waals surface area contributed by atoms with Gasteiger partial charge in [0, 0.05) is 37.3 Å². The van der Waals surface area contributed by atoms with Crippen molar-refractivity contribution in [3.05, 3.63) is 16.6 Å². The van der Waals surface area contributed by atoms with Crippen LogP contribution in [0.2, 0.25) is 0 Å². The van der Waals surface area contributed by atoms with Crippen LogP contribution in [-0.4, -0.2) is 35.6 Å². The minimum atomic E-state index is 0. The molecule has 0 radical (unpaired) electrons. The Morgan fingerprint density at radius 3 is 3.07 bits per heavy atom. The van der Waals surface area contributed by atoms with Crippen molar-refractivity contribution in [2.24, 2.45) is 0 Å². The standard InChI is InChI=1S/C10H17N3S.ClH/c1-8-7-11-3-5-13(8)9(2)10-12-4-6-14-10;/h4,6,8-9,11H,3,5,7H2,1-2H3;1H. The molecule has 2 heterocycles. The number of aromatic nitrogens is 1. The van der Waals surface area contributed by atoms with Gasteiger partial charge < -0.3 is 5.32 Å². The van der Waals surface area contributed by atoms with Crippen molar-refractivity contribution >= 4 is 23.7 Å². The molecule has 15 heavy (non-hydrogen) atoms. The van der Waals surface area contributed by atoms with Crippen molar-refractivity contribution in [2.45, 2.75) is 25.9 Å². The number of hydrogen-bond donors (Lipinski definition) is 1. The molecule has 0 spiro atoms. The Labute approximate surface area is 101 Å². The second-order valence-corrected chi connectivity index (χ2v) is 4.76. The molecule has 0 aromatic carbocycles. The predicted octanol–water partition coefficient (Wildman–Crippen LogP) is 1.92. The predicted molar refractivity (Wildman–Crippen MR) is 66.8 cm³/mol. The molecule has 0 saturated carbocycles. The van der Waals surface area contributed by atoms with Crippen molar-refractivity contribution in [3.63, 3.8) is 0 Å². The van der Waals surface area contributed by atoms with Gasteiger partial charge >= 0.3 is 0 Å². The summed E-state index contributed by atoms with van der Waals surface area (Å²) in [6.45, 7) is 7.84. The summed E-state index contributed by atoms with van der Waals surface area (Å²) in [7, 11) is 0. The number of nitrogens with one attached hydrogen (secondary N) is 1. The van der Waals surface area contributed by atoms with Gasteiger partial charge in [0.25, 0.3) is 0 Å². The molecule has 5 heteroatoms. The van der Waals surface area contributed by atoms with Crippen LogP contribution in [0.25, 0.3) is 0 Å². The number of halogens is 1. The molecule has 1 N–H and O–H groups in total. The highest BCUT2D eigenvalue weighted by atomic mass is 35.5. The summed E-state index contributed by atoms with van der Waals surface area (Å²) in [5.74, 6) is 0. The van der Waals surface area contributed by atoms with Crippen molar-refractivity contribution < 1.29 is 0 Å². The van der Waals surface area contributed by atoms with Crippen molar-refractivity contribution in [1.82, 2.24) is 15.2 Å². The summed E-state index contributed by atoms with van der Waals surface area (Å²) >= 11 is 1.75. The molecular formula is C10H18ClN3S. The van der Waals surface area contributed by atoms with Gasteiger partial charge in [-0.3, -0.25) is 4.90 Å². The molecule has 1 aliphatic rings. The first-order valence-electron chi connectivity index (χ1n) is 5.15. The van der Waals surface area contributed by atoms with E-state index in [-0.39, 0.29) is 12.4 Å². The van der Waals surface area contributed by atoms with Gasteiger partial charge in [0.2, 0.25) is 0 Å². The van der Waals surface area contributed by atoms with Gasteiger partial charge in [0.05, 0.1) is 6.04 Å². The fourth-order valence-electron chi connectivity index (χ4n) is 2.01. The number of nitrogens with zero attached hydrogens (tertiary/aromatic N) is 2. The van der Waals surface area contributed by atoms with Crippen LogP contribution < -0.4 is 5.32 Å². The maximum atomic E-state index is 4.38. The van der Waals surface area contributed by atoms with E-state index in [0.29, 0.717) is 12.1 Å². The maximum absolute atomic E-state index is 4.38. The van der Waals surface area contributed by atoms with E-state index in [1.54, 1.807) is 11.3 Å². The molecule has 0 amide bonds. The Hall–Kier alpha value is -0.160. The molecule has 0 bridgehead atoms. The highest BCUT2D eigenvalue weighted by Crippen LogP contribution is 2.24. The zero-order valence-corrected chi connectivity index (χ0v) is 10.8. The monoisotopic (exact) mass is 247 g/mol. The molecule has 86 valence electrons. The number of piperazine rings is 1. The first-order valence-corrected chi connectivity index (χ1v) is 6.03. The lowest BCUT2D eigenvalue weighted by Gasteiger charge is -2.37. The van der Waals surface area contributed by atoms with Crippen molar-refractivity contribution in [1.29, 1.82) is 0 Å². The van der Waals surface area contributed by atoms with Crippen LogP contribution >= 0.6 is 23.7 Å². The Bertz CT molecular complexity index is 278. The van der Waals surface area contributed by atoms with Crippen LogP contribution in [0.4, 0.5) is 0 Å². The summed E-state index contributed by atoms with van der Waals surface area (Å²) in [5, 5.41) is 6.70. The Morgan fingerprint density at radius 2 is 2.47 bits per heavy atom. The number of hydrogen-bond acceptors (Lipinski definition) is 4. The van der Waals surface area contributed by atoms with Crippen molar-refractivity contribution in [2.75, 3.05) is 19.6 Å². The fourth-order valence-corrected chi connectivity index (χ4v) is 2.73. The van der Waals surface area contributed by atoms with Crippen LogP contribution in [0.3, 0.4) is 0 Å². The summed E-state index contributed by atoms with van der Waals surface area (Å²) < 4.78 is 0. The number of rotatable bonds is 2. The molecule has 1 aromatic rings. The SMILES string of the molecule is CC1CNCCN1C(C)c1nccs1.Cl. The molecule has 0 aliphatic carbocycles. The van der Waals surface area contributed by atoms with Gasteiger partial charge in [-0.25, -0.2) is 4.98 Å². The van der Waals surface area contributed by atoms with Gasteiger partial charge in [0.1, 0.15) is 5.01 Å². The molecule has 1 fully saturated rings. The zero-order chi connectivity index (χ0) is 9.97. The van der Waals surface area contributed by atoms with E-state index in [1.807, 2.05) is 6.20 Å². The summed E-state index contributed by atoms with van der Waals surface area (Å²) in [5.41, 5.74) is 0. The van der Waals surface area contributed by atoms with Gasteiger partial charge in [-0.2, -0.15) is 0 Å². The smallest absolute Gasteiger partial charge is 0.109 e. The zero-order valence-electron chi connectivity index (χ0n) is 9.14. The normalized spacial score (nSPS) is 24.5. The average Bonchev–Trinajstić information content (AvgIpc) is 2.70. The van der Waals surface area contributed by atoms with Gasteiger partial charge in [-0.1, -0.05) is 0 Å². The van der Waals surface area contributed by atoms with Crippen LogP contribution in [0.1, 0.15) is 24.9 Å². The van der Waals surface area contributed by atoms with Crippen LogP contribution in [0.15, 0.2) is 11.6 Å². The Morgan fingerprint density at radius 1 is 1.67 bits per heavy atom. The van der Waals surface area contributed by atoms with E-state index in [0.717, 1.165) is 19.6 Å². The molecule has 2 rings (SSSR count). The minimum absolute atomic E-state index is 0. The third kappa shape index (κ3) is 2.91. The van der Waals surface area contributed by atoms with E-state index >= 15 is 0 Å². The number of thiazole rings is 1. The van der Waals surface area contributed by atoms with Gasteiger partial charge in [0.15, 0.2) is 0 Å². The van der Waals surface area contributed by atoms with E-state index in [9.17, 15) is 0 Å². The maximum Gasteiger partial charge on any atom is 0.109 e. The Balaban J connectivity index is 0.00000112. The van der Waals surface area contributed by atoms with Crippen LogP contribution in [0, 0.1) is 0 Å². The molecule has 1 aromatic heterocycles. The topological polar surface area (TPSA) is 28.2 Å². The molecule has 1 aliphatic heterocycles. The largest absolute Gasteiger partial charge is 0.314 e. The van der Waals surface area contributed by atoms with E-state index in [2.05, 4.69) is 34.4 Å². The van der Waals surface area contributed by atoms with Crippen LogP contribution in [-0.2, 0) is 0 Å². The van der Waals surface area contributed by atoms with Crippen LogP contribution in [0.5, 0.6) is 0 Å². The van der Waals surface area contributed by atoms with Crippen molar-refractivity contribution in [3.8, 4) is 0 Å². The van der Waals surface area contributed by atoms with E-state index < -0.39 is 0 Å². The second kappa shape index (κ2) is 5.80. The van der Waals surface area contributed by atoms with E-state index in [1.165, 1.54) is 5.01 Å². The van der Waals surface area contributed by atoms with Gasteiger partial charge in [-0.15, -0.1) is 23.7 Å². The highest BCUT2D eigenvalue weighted by molar-refractivity contribution is 7.09. The molecular weight excluding hydrogens is 230 g/mol. The molecule has 1 saturated heterocycles. The minimum Gasteiger partial charge on any atom is -0.314 e. The lowest BCUT2D eigenvalue weighted by atomic mass is 10.1. The lowest BCUT2D eigenvalue weighted by molar-refractivity contribution is 0.126. The third-order valence-corrected chi connectivity index (χ3v) is 3.80. The average molecular weight is 248 g/mol. The molecule has 3 nitrogen and oxygen atoms in total. The fraction of sp³-hybridized carbons (Fsp3) is 0.700. The van der Waals surface area contributed by atoms with E-state index in [4.69, 9.17) is 0 Å².